The highest BCUT2D eigenvalue weighted by atomic mass is 16.2. The molecule has 2 amide bonds. The molecule has 7 heteroatoms. The molecule has 0 saturated carbocycles. The van der Waals surface area contributed by atoms with Crippen LogP contribution in [0.4, 0.5) is 0 Å². The molecule has 1 saturated heterocycles. The molecule has 1 atom stereocenters. The van der Waals surface area contributed by atoms with Gasteiger partial charge in [-0.05, 0) is 44.9 Å². The summed E-state index contributed by atoms with van der Waals surface area (Å²) >= 11 is 0. The largest absolute Gasteiger partial charge is 0.355 e. The second kappa shape index (κ2) is 9.01. The van der Waals surface area contributed by atoms with E-state index in [9.17, 15) is 9.59 Å². The van der Waals surface area contributed by atoms with Crippen molar-refractivity contribution >= 4 is 11.8 Å². The number of nitrogens with zero attached hydrogens (tertiary/aromatic N) is 3. The van der Waals surface area contributed by atoms with E-state index in [2.05, 4.69) is 14.9 Å². The zero-order valence-electron chi connectivity index (χ0n) is 16.6. The Bertz CT molecular complexity index is 831. The van der Waals surface area contributed by atoms with E-state index in [4.69, 9.17) is 5.73 Å². The zero-order chi connectivity index (χ0) is 20.1. The van der Waals surface area contributed by atoms with Crippen molar-refractivity contribution < 1.29 is 9.59 Å². The summed E-state index contributed by atoms with van der Waals surface area (Å²) in [5.41, 5.74) is 9.08. The van der Waals surface area contributed by atoms with Gasteiger partial charge in [-0.1, -0.05) is 6.07 Å². The molecule has 3 rings (SSSR count). The Hall–Kier alpha value is -2.67. The van der Waals surface area contributed by atoms with Gasteiger partial charge < -0.3 is 20.5 Å². The maximum absolute atomic E-state index is 13.2. The summed E-state index contributed by atoms with van der Waals surface area (Å²) in [5, 5.41) is 2.84. The summed E-state index contributed by atoms with van der Waals surface area (Å²) in [4.78, 5) is 31.6. The number of amides is 2. The van der Waals surface area contributed by atoms with E-state index in [-0.39, 0.29) is 17.7 Å². The highest BCUT2D eigenvalue weighted by Gasteiger charge is 2.30. The molecule has 1 fully saturated rings. The molecule has 1 aliphatic heterocycles. The summed E-state index contributed by atoms with van der Waals surface area (Å²) in [5.74, 6) is -0.179. The Labute approximate surface area is 165 Å². The topological polar surface area (TPSA) is 93.3 Å². The molecule has 2 aromatic rings. The first kappa shape index (κ1) is 20.1. The van der Waals surface area contributed by atoms with Crippen LogP contribution in [-0.2, 0) is 11.3 Å². The fourth-order valence-corrected chi connectivity index (χ4v) is 3.80. The van der Waals surface area contributed by atoms with Crippen molar-refractivity contribution in [1.29, 1.82) is 0 Å². The van der Waals surface area contributed by atoms with Crippen molar-refractivity contribution in [2.45, 2.75) is 33.2 Å². The molecule has 0 spiro atoms. The number of pyridine rings is 1. The van der Waals surface area contributed by atoms with E-state index in [1.54, 1.807) is 6.20 Å². The van der Waals surface area contributed by atoms with Gasteiger partial charge in [-0.3, -0.25) is 14.6 Å². The van der Waals surface area contributed by atoms with Gasteiger partial charge >= 0.3 is 0 Å². The Morgan fingerprint density at radius 1 is 1.32 bits per heavy atom. The van der Waals surface area contributed by atoms with Gasteiger partial charge in [-0.2, -0.15) is 0 Å². The second-order valence-electron chi connectivity index (χ2n) is 7.36. The van der Waals surface area contributed by atoms with Crippen LogP contribution < -0.4 is 11.1 Å². The van der Waals surface area contributed by atoms with Crippen LogP contribution in [0.3, 0.4) is 0 Å². The molecule has 3 N–H and O–H groups in total. The quantitative estimate of drug-likeness (QED) is 0.790. The van der Waals surface area contributed by atoms with Crippen molar-refractivity contribution in [3.8, 4) is 0 Å². The number of hydrogen-bond acceptors (Lipinski definition) is 4. The lowest BCUT2D eigenvalue weighted by atomic mass is 9.96. The molecular weight excluding hydrogens is 354 g/mol. The average Bonchev–Trinajstić information content (AvgIpc) is 3.00. The lowest BCUT2D eigenvalue weighted by Gasteiger charge is -2.32. The van der Waals surface area contributed by atoms with Crippen molar-refractivity contribution in [1.82, 2.24) is 19.8 Å². The van der Waals surface area contributed by atoms with Crippen LogP contribution >= 0.6 is 0 Å². The second-order valence-corrected chi connectivity index (χ2v) is 7.36. The lowest BCUT2D eigenvalue weighted by molar-refractivity contribution is -0.126. The molecule has 1 aliphatic rings. The van der Waals surface area contributed by atoms with Crippen LogP contribution in [0.5, 0.6) is 0 Å². The fraction of sp³-hybridized carbons (Fsp3) is 0.476. The van der Waals surface area contributed by atoms with Gasteiger partial charge in [0, 0.05) is 43.8 Å². The first-order valence-corrected chi connectivity index (χ1v) is 9.85. The molecule has 2 aromatic heterocycles. The standard InChI is InChI=1S/C21H29N5O2/c1-15-12-19(16(2)26(15)14-18-7-3-4-9-23-18)21(28)25-11-5-6-17(13-25)20(27)24-10-8-22/h3-4,7,9,12,17H,5-6,8,10-11,13-14,22H2,1-2H3,(H,24,27). The molecule has 0 aliphatic carbocycles. The Morgan fingerprint density at radius 3 is 2.86 bits per heavy atom. The SMILES string of the molecule is Cc1cc(C(=O)N2CCCC(C(=O)NCCN)C2)c(C)n1Cc1ccccn1. The maximum Gasteiger partial charge on any atom is 0.255 e. The molecule has 0 radical (unpaired) electrons. The predicted molar refractivity (Wildman–Crippen MR) is 108 cm³/mol. The first-order chi connectivity index (χ1) is 13.5. The third-order valence-corrected chi connectivity index (χ3v) is 5.37. The van der Waals surface area contributed by atoms with Gasteiger partial charge in [0.15, 0.2) is 0 Å². The molecule has 3 heterocycles. The number of hydrogen-bond donors (Lipinski definition) is 2. The smallest absolute Gasteiger partial charge is 0.255 e. The third-order valence-electron chi connectivity index (χ3n) is 5.37. The molecule has 0 bridgehead atoms. The molecule has 150 valence electrons. The minimum Gasteiger partial charge on any atom is -0.355 e. The van der Waals surface area contributed by atoms with E-state index in [1.807, 2.05) is 43.0 Å². The van der Waals surface area contributed by atoms with Gasteiger partial charge in [0.05, 0.1) is 23.7 Å². The van der Waals surface area contributed by atoms with Crippen molar-refractivity contribution in [2.24, 2.45) is 11.7 Å². The molecule has 28 heavy (non-hydrogen) atoms. The van der Waals surface area contributed by atoms with Gasteiger partial charge in [0.2, 0.25) is 5.91 Å². The highest BCUT2D eigenvalue weighted by Crippen LogP contribution is 2.23. The minimum absolute atomic E-state index is 0.00306. The van der Waals surface area contributed by atoms with Crippen LogP contribution in [-0.4, -0.2) is 52.4 Å². The van der Waals surface area contributed by atoms with Crippen molar-refractivity contribution in [3.05, 3.63) is 53.1 Å². The Balaban J connectivity index is 1.73. The van der Waals surface area contributed by atoms with Crippen LogP contribution in [0.1, 0.15) is 40.3 Å². The fourth-order valence-electron chi connectivity index (χ4n) is 3.80. The molecular formula is C21H29N5O2. The van der Waals surface area contributed by atoms with Crippen LogP contribution in [0.2, 0.25) is 0 Å². The monoisotopic (exact) mass is 383 g/mol. The van der Waals surface area contributed by atoms with E-state index >= 15 is 0 Å². The summed E-state index contributed by atoms with van der Waals surface area (Å²) in [6.07, 6.45) is 3.41. The number of piperidine rings is 1. The van der Waals surface area contributed by atoms with Crippen molar-refractivity contribution in [3.63, 3.8) is 0 Å². The molecule has 7 nitrogen and oxygen atoms in total. The minimum atomic E-state index is -0.166. The van der Waals surface area contributed by atoms with Crippen LogP contribution in [0.25, 0.3) is 0 Å². The van der Waals surface area contributed by atoms with E-state index in [1.165, 1.54) is 0 Å². The predicted octanol–water partition coefficient (Wildman–Crippen LogP) is 1.48. The average molecular weight is 383 g/mol. The maximum atomic E-state index is 13.2. The van der Waals surface area contributed by atoms with Gasteiger partial charge in [-0.15, -0.1) is 0 Å². The summed E-state index contributed by atoms with van der Waals surface area (Å²) in [6, 6.07) is 7.78. The number of rotatable bonds is 6. The number of nitrogens with two attached hydrogens (primary N) is 1. The highest BCUT2D eigenvalue weighted by molar-refractivity contribution is 5.96. The van der Waals surface area contributed by atoms with Gasteiger partial charge in [0.1, 0.15) is 0 Å². The molecule has 0 aromatic carbocycles. The van der Waals surface area contributed by atoms with Gasteiger partial charge in [-0.25, -0.2) is 0 Å². The summed E-state index contributed by atoms with van der Waals surface area (Å²) in [7, 11) is 0. The number of carbonyl (C=O) groups is 2. The zero-order valence-corrected chi connectivity index (χ0v) is 16.6. The van der Waals surface area contributed by atoms with E-state index in [0.29, 0.717) is 38.3 Å². The number of aromatic nitrogens is 2. The Morgan fingerprint density at radius 2 is 2.14 bits per heavy atom. The summed E-state index contributed by atoms with van der Waals surface area (Å²) in [6.45, 7) is 6.64. The lowest BCUT2D eigenvalue weighted by Crippen LogP contribution is -2.46. The number of likely N-dealkylation sites (tertiary alicyclic amines) is 1. The number of aryl methyl sites for hydroxylation is 1. The van der Waals surface area contributed by atoms with Gasteiger partial charge in [0.25, 0.3) is 5.91 Å². The van der Waals surface area contributed by atoms with Crippen molar-refractivity contribution in [2.75, 3.05) is 26.2 Å². The third kappa shape index (κ3) is 4.42. The number of carbonyl (C=O) groups excluding carboxylic acids is 2. The number of nitrogens with one attached hydrogen (secondary N) is 1. The Kier molecular flexibility index (Phi) is 6.46. The molecule has 1 unspecified atom stereocenters. The van der Waals surface area contributed by atoms with Crippen LogP contribution in [0, 0.1) is 19.8 Å². The van der Waals surface area contributed by atoms with E-state index < -0.39 is 0 Å². The van der Waals surface area contributed by atoms with E-state index in [0.717, 1.165) is 29.9 Å². The first-order valence-electron chi connectivity index (χ1n) is 9.85. The normalized spacial score (nSPS) is 16.8. The summed E-state index contributed by atoms with van der Waals surface area (Å²) < 4.78 is 2.12. The van der Waals surface area contributed by atoms with Crippen LogP contribution in [0.15, 0.2) is 30.5 Å².